The quantitative estimate of drug-likeness (QED) is 0.172. The van der Waals surface area contributed by atoms with E-state index < -0.39 is 0 Å². The number of aromatic nitrogens is 2. The summed E-state index contributed by atoms with van der Waals surface area (Å²) in [6.07, 6.45) is 5.28. The Kier molecular flexibility index (Phi) is 7.14. The Morgan fingerprint density at radius 1 is 0.388 bits per heavy atom. The molecule has 0 bridgehead atoms. The van der Waals surface area contributed by atoms with Crippen LogP contribution in [0.1, 0.15) is 0 Å². The second-order valence-corrected chi connectivity index (χ2v) is 12.2. The van der Waals surface area contributed by atoms with E-state index in [1.807, 2.05) is 12.3 Å². The smallest absolute Gasteiger partial charge is 0.156 e. The van der Waals surface area contributed by atoms with Gasteiger partial charge in [0.1, 0.15) is 0 Å². The first-order valence-electron chi connectivity index (χ1n) is 16.6. The van der Waals surface area contributed by atoms with E-state index in [1.165, 1.54) is 65.7 Å². The summed E-state index contributed by atoms with van der Waals surface area (Å²) >= 11 is 0. The maximum Gasteiger partial charge on any atom is 0.156 e. The molecule has 1 heterocycles. The van der Waals surface area contributed by atoms with Gasteiger partial charge >= 0.3 is 0 Å². The highest BCUT2D eigenvalue weighted by atomic mass is 15.2. The molecule has 0 atom stereocenters. The zero-order valence-electron chi connectivity index (χ0n) is 26.7. The lowest BCUT2D eigenvalue weighted by Crippen LogP contribution is -2.11. The lowest BCUT2D eigenvalue weighted by molar-refractivity contribution is 1.13. The third-order valence-electron chi connectivity index (χ3n) is 9.37. The summed E-state index contributed by atoms with van der Waals surface area (Å²) in [5.41, 5.74) is 9.30. The third-order valence-corrected chi connectivity index (χ3v) is 9.37. The highest BCUT2D eigenvalue weighted by molar-refractivity contribution is 6.33. The number of hydrogen-bond acceptors (Lipinski definition) is 3. The summed E-state index contributed by atoms with van der Waals surface area (Å²) in [6, 6.07) is 61.0. The number of anilines is 3. The normalized spacial score (nSPS) is 11.3. The van der Waals surface area contributed by atoms with E-state index in [0.717, 1.165) is 17.2 Å². The van der Waals surface area contributed by atoms with Crippen molar-refractivity contribution >= 4 is 49.5 Å². The number of rotatable bonds is 6. The Labute approximate surface area is 285 Å². The minimum atomic E-state index is 0.765. The summed E-state index contributed by atoms with van der Waals surface area (Å²) in [7, 11) is 0. The molecule has 0 unspecified atom stereocenters. The number of fused-ring (bicyclic) bond motifs is 6. The molecule has 0 aliphatic carbocycles. The standard InChI is InChI=1S/C46H31N3/c1-5-15-32(16-6-1)40-30-41(33-17-7-2-8-18-33)45-38-24-14-13-23-37(38)42-29-36(25-26-39(42)46(45)44(40)34-19-9-3-10-20-34)49(35-21-11-4-12-22-35)43-31-47-27-28-48-43/h1-31H. The van der Waals surface area contributed by atoms with Crippen LogP contribution in [0.15, 0.2) is 188 Å². The highest BCUT2D eigenvalue weighted by Gasteiger charge is 2.22. The molecule has 0 spiro atoms. The lowest BCUT2D eigenvalue weighted by Gasteiger charge is -2.25. The molecule has 9 rings (SSSR count). The fraction of sp³-hybridized carbons (Fsp3) is 0. The van der Waals surface area contributed by atoms with E-state index in [-0.39, 0.29) is 0 Å². The van der Waals surface area contributed by atoms with Crippen molar-refractivity contribution < 1.29 is 0 Å². The summed E-state index contributed by atoms with van der Waals surface area (Å²) in [5, 5.41) is 7.34. The van der Waals surface area contributed by atoms with Crippen molar-refractivity contribution in [3.05, 3.63) is 188 Å². The van der Waals surface area contributed by atoms with Crippen LogP contribution in [-0.4, -0.2) is 9.97 Å². The maximum absolute atomic E-state index is 4.73. The van der Waals surface area contributed by atoms with Gasteiger partial charge in [-0.1, -0.05) is 140 Å². The van der Waals surface area contributed by atoms with Gasteiger partial charge < -0.3 is 0 Å². The Bertz CT molecular complexity index is 2530. The Hall–Kier alpha value is -6.58. The van der Waals surface area contributed by atoms with E-state index in [9.17, 15) is 0 Å². The molecule has 0 aliphatic rings. The van der Waals surface area contributed by atoms with Crippen LogP contribution in [0.5, 0.6) is 0 Å². The molecule has 8 aromatic carbocycles. The molecule has 230 valence electrons. The molecule has 0 aliphatic heterocycles. The van der Waals surface area contributed by atoms with E-state index in [4.69, 9.17) is 4.98 Å². The van der Waals surface area contributed by atoms with Crippen LogP contribution in [0.25, 0.3) is 65.7 Å². The zero-order valence-corrected chi connectivity index (χ0v) is 26.7. The van der Waals surface area contributed by atoms with Gasteiger partial charge in [0.15, 0.2) is 5.82 Å². The van der Waals surface area contributed by atoms with Crippen LogP contribution in [0.2, 0.25) is 0 Å². The van der Waals surface area contributed by atoms with Gasteiger partial charge in [-0.05, 0) is 96.0 Å². The Balaban J connectivity index is 1.47. The predicted octanol–water partition coefficient (Wildman–Crippen LogP) is 12.4. The zero-order chi connectivity index (χ0) is 32.6. The maximum atomic E-state index is 4.73. The van der Waals surface area contributed by atoms with Crippen LogP contribution in [0, 0.1) is 0 Å². The third kappa shape index (κ3) is 5.00. The van der Waals surface area contributed by atoms with E-state index in [2.05, 4.69) is 174 Å². The average Bonchev–Trinajstić information content (AvgIpc) is 3.19. The molecule has 0 fully saturated rings. The Morgan fingerprint density at radius 2 is 0.959 bits per heavy atom. The molecule has 0 N–H and O–H groups in total. The average molecular weight is 626 g/mol. The molecule has 0 saturated heterocycles. The molecule has 0 amide bonds. The Morgan fingerprint density at radius 3 is 1.61 bits per heavy atom. The number of benzene rings is 8. The van der Waals surface area contributed by atoms with Gasteiger partial charge in [0.05, 0.1) is 6.20 Å². The van der Waals surface area contributed by atoms with Crippen molar-refractivity contribution in [3.8, 4) is 33.4 Å². The fourth-order valence-electron chi connectivity index (χ4n) is 7.27. The molecule has 1 aromatic heterocycles. The van der Waals surface area contributed by atoms with E-state index in [0.29, 0.717) is 0 Å². The monoisotopic (exact) mass is 625 g/mol. The van der Waals surface area contributed by atoms with Crippen molar-refractivity contribution in [1.29, 1.82) is 0 Å². The lowest BCUT2D eigenvalue weighted by atomic mass is 9.81. The van der Waals surface area contributed by atoms with Gasteiger partial charge in [0, 0.05) is 23.8 Å². The number of hydrogen-bond donors (Lipinski definition) is 0. The van der Waals surface area contributed by atoms with E-state index in [1.54, 1.807) is 12.4 Å². The van der Waals surface area contributed by atoms with Gasteiger partial charge in [-0.2, -0.15) is 0 Å². The summed E-state index contributed by atoms with van der Waals surface area (Å²) in [6.45, 7) is 0. The van der Waals surface area contributed by atoms with Gasteiger partial charge in [-0.3, -0.25) is 9.88 Å². The van der Waals surface area contributed by atoms with Crippen molar-refractivity contribution in [2.45, 2.75) is 0 Å². The fourth-order valence-corrected chi connectivity index (χ4v) is 7.27. The van der Waals surface area contributed by atoms with Crippen LogP contribution in [-0.2, 0) is 0 Å². The number of para-hydroxylation sites is 1. The first-order chi connectivity index (χ1) is 24.3. The van der Waals surface area contributed by atoms with Crippen molar-refractivity contribution in [1.82, 2.24) is 9.97 Å². The molecular formula is C46H31N3. The first-order valence-corrected chi connectivity index (χ1v) is 16.6. The SMILES string of the molecule is c1ccc(-c2cc(-c3ccccc3)c3c4ccccc4c4cc(N(c5ccccc5)c5cnccn5)ccc4c3c2-c2ccccc2)cc1. The van der Waals surface area contributed by atoms with Crippen LogP contribution < -0.4 is 4.90 Å². The largest absolute Gasteiger partial charge is 0.294 e. The minimum Gasteiger partial charge on any atom is -0.294 e. The van der Waals surface area contributed by atoms with Gasteiger partial charge in [0.2, 0.25) is 0 Å². The summed E-state index contributed by atoms with van der Waals surface area (Å²) in [4.78, 5) is 11.3. The van der Waals surface area contributed by atoms with Crippen LogP contribution >= 0.6 is 0 Å². The second-order valence-electron chi connectivity index (χ2n) is 12.2. The summed E-state index contributed by atoms with van der Waals surface area (Å²) in [5.74, 6) is 0.765. The first kappa shape index (κ1) is 28.6. The molecule has 0 radical (unpaired) electrons. The molecule has 0 saturated carbocycles. The van der Waals surface area contributed by atoms with Crippen LogP contribution in [0.4, 0.5) is 17.2 Å². The predicted molar refractivity (Wildman–Crippen MR) is 206 cm³/mol. The molecule has 3 heteroatoms. The van der Waals surface area contributed by atoms with Crippen molar-refractivity contribution in [2.24, 2.45) is 0 Å². The van der Waals surface area contributed by atoms with Gasteiger partial charge in [-0.25, -0.2) is 4.98 Å². The van der Waals surface area contributed by atoms with Crippen LogP contribution in [0.3, 0.4) is 0 Å². The molecule has 9 aromatic rings. The number of nitrogens with zero attached hydrogens (tertiary/aromatic N) is 3. The van der Waals surface area contributed by atoms with Crippen molar-refractivity contribution in [3.63, 3.8) is 0 Å². The summed E-state index contributed by atoms with van der Waals surface area (Å²) < 4.78 is 0. The second kappa shape index (κ2) is 12.2. The van der Waals surface area contributed by atoms with Crippen molar-refractivity contribution in [2.75, 3.05) is 4.90 Å². The highest BCUT2D eigenvalue weighted by Crippen LogP contribution is 2.49. The topological polar surface area (TPSA) is 29.0 Å². The van der Waals surface area contributed by atoms with Gasteiger partial charge in [-0.15, -0.1) is 0 Å². The molecule has 49 heavy (non-hydrogen) atoms. The van der Waals surface area contributed by atoms with Gasteiger partial charge in [0.25, 0.3) is 0 Å². The minimum absolute atomic E-state index is 0.765. The molecular weight excluding hydrogens is 595 g/mol. The molecule has 3 nitrogen and oxygen atoms in total. The van der Waals surface area contributed by atoms with E-state index >= 15 is 0 Å².